The van der Waals surface area contributed by atoms with Crippen LogP contribution in [0, 0.1) is 0 Å². The van der Waals surface area contributed by atoms with Crippen molar-refractivity contribution >= 4 is 6.03 Å². The van der Waals surface area contributed by atoms with E-state index in [1.807, 2.05) is 11.8 Å². The summed E-state index contributed by atoms with van der Waals surface area (Å²) in [5.74, 6) is 0. The van der Waals surface area contributed by atoms with Crippen LogP contribution < -0.4 is 5.32 Å². The van der Waals surface area contributed by atoms with Crippen molar-refractivity contribution in [1.82, 2.24) is 15.1 Å². The molecule has 2 saturated heterocycles. The molecule has 0 saturated carbocycles. The van der Waals surface area contributed by atoms with E-state index in [9.17, 15) is 4.79 Å². The highest BCUT2D eigenvalue weighted by Crippen LogP contribution is 2.10. The summed E-state index contributed by atoms with van der Waals surface area (Å²) in [7, 11) is 0. The topological polar surface area (TPSA) is 54.0 Å². The highest BCUT2D eigenvalue weighted by Gasteiger charge is 2.20. The Morgan fingerprint density at radius 1 is 1.12 bits per heavy atom. The van der Waals surface area contributed by atoms with Gasteiger partial charge < -0.3 is 19.7 Å². The maximum atomic E-state index is 12.2. The molecule has 1 aromatic rings. The molecule has 1 atom stereocenters. The van der Waals surface area contributed by atoms with Gasteiger partial charge in [0.05, 0.1) is 25.9 Å². The zero-order chi connectivity index (χ0) is 16.8. The predicted molar refractivity (Wildman–Crippen MR) is 91.8 cm³/mol. The van der Waals surface area contributed by atoms with Gasteiger partial charge in [-0.15, -0.1) is 0 Å². The molecular formula is C18H27N3O3. The van der Waals surface area contributed by atoms with Crippen molar-refractivity contribution in [2.75, 3.05) is 46.0 Å². The lowest BCUT2D eigenvalue weighted by Crippen LogP contribution is -2.48. The van der Waals surface area contributed by atoms with Crippen LogP contribution in [0.2, 0.25) is 0 Å². The monoisotopic (exact) mass is 333 g/mol. The molecule has 0 radical (unpaired) electrons. The molecular weight excluding hydrogens is 306 g/mol. The standard InChI is InChI=1S/C18H27N3O3/c1-15-13-21(8-11-24-15)18(22)19-12-16-2-4-17(5-3-16)14-20-6-9-23-10-7-20/h2-5,15H,6-14H2,1H3,(H,19,22). The van der Waals surface area contributed by atoms with Crippen molar-refractivity contribution in [2.24, 2.45) is 0 Å². The molecule has 0 aliphatic carbocycles. The quantitative estimate of drug-likeness (QED) is 0.906. The molecule has 0 bridgehead atoms. The van der Waals surface area contributed by atoms with Crippen molar-refractivity contribution in [3.63, 3.8) is 0 Å². The van der Waals surface area contributed by atoms with E-state index >= 15 is 0 Å². The lowest BCUT2D eigenvalue weighted by atomic mass is 10.1. The van der Waals surface area contributed by atoms with Crippen LogP contribution in [0.4, 0.5) is 4.79 Å². The fourth-order valence-corrected chi connectivity index (χ4v) is 3.07. The highest BCUT2D eigenvalue weighted by atomic mass is 16.5. The minimum atomic E-state index is -0.0115. The van der Waals surface area contributed by atoms with Gasteiger partial charge in [-0.3, -0.25) is 4.90 Å². The lowest BCUT2D eigenvalue weighted by Gasteiger charge is -2.31. The van der Waals surface area contributed by atoms with E-state index in [0.717, 1.165) is 38.4 Å². The van der Waals surface area contributed by atoms with Gasteiger partial charge in [0.15, 0.2) is 0 Å². The molecule has 2 amide bonds. The third-order valence-electron chi connectivity index (χ3n) is 4.50. The van der Waals surface area contributed by atoms with Gasteiger partial charge in [0, 0.05) is 39.3 Å². The molecule has 2 aliphatic rings. The predicted octanol–water partition coefficient (Wildman–Crippen LogP) is 1.45. The summed E-state index contributed by atoms with van der Waals surface area (Å²) in [4.78, 5) is 16.4. The summed E-state index contributed by atoms with van der Waals surface area (Å²) >= 11 is 0. The van der Waals surface area contributed by atoms with Gasteiger partial charge in [-0.05, 0) is 18.1 Å². The van der Waals surface area contributed by atoms with Gasteiger partial charge in [-0.2, -0.15) is 0 Å². The smallest absolute Gasteiger partial charge is 0.317 e. The van der Waals surface area contributed by atoms with Crippen molar-refractivity contribution in [1.29, 1.82) is 0 Å². The van der Waals surface area contributed by atoms with Crippen LogP contribution in [0.3, 0.4) is 0 Å². The van der Waals surface area contributed by atoms with Crippen LogP contribution in [0.5, 0.6) is 0 Å². The Balaban J connectivity index is 1.44. The zero-order valence-electron chi connectivity index (χ0n) is 14.4. The number of nitrogens with zero attached hydrogens (tertiary/aromatic N) is 2. The molecule has 1 unspecified atom stereocenters. The Kier molecular flexibility index (Phi) is 6.07. The first-order valence-corrected chi connectivity index (χ1v) is 8.73. The molecule has 1 aromatic carbocycles. The summed E-state index contributed by atoms with van der Waals surface area (Å²) in [6.45, 7) is 9.08. The summed E-state index contributed by atoms with van der Waals surface area (Å²) < 4.78 is 10.8. The number of hydrogen-bond donors (Lipinski definition) is 1. The van der Waals surface area contributed by atoms with Gasteiger partial charge in [0.25, 0.3) is 0 Å². The van der Waals surface area contributed by atoms with Crippen LogP contribution in [0.1, 0.15) is 18.1 Å². The second kappa shape index (κ2) is 8.46. The number of carbonyl (C=O) groups is 1. The number of urea groups is 1. The van der Waals surface area contributed by atoms with E-state index in [1.54, 1.807) is 0 Å². The first-order valence-electron chi connectivity index (χ1n) is 8.73. The molecule has 6 heteroatoms. The maximum absolute atomic E-state index is 12.2. The second-order valence-corrected chi connectivity index (χ2v) is 6.49. The van der Waals surface area contributed by atoms with Crippen LogP contribution >= 0.6 is 0 Å². The lowest BCUT2D eigenvalue weighted by molar-refractivity contribution is -0.00351. The summed E-state index contributed by atoms with van der Waals surface area (Å²) in [6.07, 6.45) is 0.115. The molecule has 24 heavy (non-hydrogen) atoms. The fraction of sp³-hybridized carbons (Fsp3) is 0.611. The first kappa shape index (κ1) is 17.2. The van der Waals surface area contributed by atoms with E-state index in [1.165, 1.54) is 5.56 Å². The van der Waals surface area contributed by atoms with Crippen LogP contribution in [-0.4, -0.2) is 67.9 Å². The molecule has 2 aliphatic heterocycles. The molecule has 0 aromatic heterocycles. The Morgan fingerprint density at radius 3 is 2.54 bits per heavy atom. The zero-order valence-corrected chi connectivity index (χ0v) is 14.4. The van der Waals surface area contributed by atoms with Crippen molar-refractivity contribution < 1.29 is 14.3 Å². The summed E-state index contributed by atoms with van der Waals surface area (Å²) in [6, 6.07) is 8.47. The van der Waals surface area contributed by atoms with Gasteiger partial charge in [-0.1, -0.05) is 24.3 Å². The number of carbonyl (C=O) groups excluding carboxylic acids is 1. The van der Waals surface area contributed by atoms with Gasteiger partial charge >= 0.3 is 6.03 Å². The second-order valence-electron chi connectivity index (χ2n) is 6.49. The Hall–Kier alpha value is -1.63. The Bertz CT molecular complexity index is 529. The summed E-state index contributed by atoms with van der Waals surface area (Å²) in [5.41, 5.74) is 2.42. The third-order valence-corrected chi connectivity index (χ3v) is 4.50. The van der Waals surface area contributed by atoms with Gasteiger partial charge in [0.1, 0.15) is 0 Å². The molecule has 132 valence electrons. The Labute approximate surface area is 143 Å². The minimum absolute atomic E-state index is 0.0115. The molecule has 2 fully saturated rings. The van der Waals surface area contributed by atoms with Crippen LogP contribution in [0.15, 0.2) is 24.3 Å². The fourth-order valence-electron chi connectivity index (χ4n) is 3.07. The number of ether oxygens (including phenoxy) is 2. The number of benzene rings is 1. The minimum Gasteiger partial charge on any atom is -0.379 e. The SMILES string of the molecule is CC1CN(C(=O)NCc2ccc(CN3CCOCC3)cc2)CCO1. The molecule has 3 rings (SSSR count). The number of amides is 2. The maximum Gasteiger partial charge on any atom is 0.317 e. The van der Waals surface area contributed by atoms with Gasteiger partial charge in [0.2, 0.25) is 0 Å². The molecule has 0 spiro atoms. The normalized spacial score (nSPS) is 22.4. The van der Waals surface area contributed by atoms with E-state index in [0.29, 0.717) is 26.2 Å². The van der Waals surface area contributed by atoms with Crippen molar-refractivity contribution in [3.8, 4) is 0 Å². The van der Waals surface area contributed by atoms with E-state index in [4.69, 9.17) is 9.47 Å². The summed E-state index contributed by atoms with van der Waals surface area (Å²) in [5, 5.41) is 2.99. The third kappa shape index (κ3) is 4.93. The first-order chi connectivity index (χ1) is 11.7. The Morgan fingerprint density at radius 2 is 1.83 bits per heavy atom. The van der Waals surface area contributed by atoms with Crippen LogP contribution in [0.25, 0.3) is 0 Å². The number of rotatable bonds is 4. The van der Waals surface area contributed by atoms with E-state index in [2.05, 4.69) is 34.5 Å². The van der Waals surface area contributed by atoms with Crippen LogP contribution in [-0.2, 0) is 22.6 Å². The van der Waals surface area contributed by atoms with E-state index < -0.39 is 0 Å². The molecule has 2 heterocycles. The number of morpholine rings is 2. The van der Waals surface area contributed by atoms with Gasteiger partial charge in [-0.25, -0.2) is 4.79 Å². The number of nitrogens with one attached hydrogen (secondary N) is 1. The van der Waals surface area contributed by atoms with E-state index in [-0.39, 0.29) is 12.1 Å². The molecule has 6 nitrogen and oxygen atoms in total. The highest BCUT2D eigenvalue weighted by molar-refractivity contribution is 5.74. The van der Waals surface area contributed by atoms with Crippen molar-refractivity contribution in [2.45, 2.75) is 26.1 Å². The largest absolute Gasteiger partial charge is 0.379 e. The average molecular weight is 333 g/mol. The molecule has 1 N–H and O–H groups in total. The van der Waals surface area contributed by atoms with Crippen molar-refractivity contribution in [3.05, 3.63) is 35.4 Å². The average Bonchev–Trinajstić information content (AvgIpc) is 2.62. The number of hydrogen-bond acceptors (Lipinski definition) is 4.